The summed E-state index contributed by atoms with van der Waals surface area (Å²) in [5.74, 6) is 0. The van der Waals surface area contributed by atoms with Crippen LogP contribution in [-0.4, -0.2) is 0 Å². The number of hydrogen-bond donors (Lipinski definition) is 1. The molecule has 18 heavy (non-hydrogen) atoms. The Labute approximate surface area is 110 Å². The van der Waals surface area contributed by atoms with E-state index in [9.17, 15) is 0 Å². The fraction of sp³-hybridized carbons (Fsp3) is 0.294. The molecule has 0 aliphatic carbocycles. The normalized spacial score (nSPS) is 10.4. The molecule has 2 aromatic rings. The molecule has 1 N–H and O–H groups in total. The van der Waals surface area contributed by atoms with Crippen LogP contribution in [0.3, 0.4) is 0 Å². The fourth-order valence-corrected chi connectivity index (χ4v) is 2.18. The molecule has 0 aliphatic rings. The Morgan fingerprint density at radius 2 is 1.50 bits per heavy atom. The number of hydrogen-bond acceptors (Lipinski definition) is 1. The van der Waals surface area contributed by atoms with Crippen LogP contribution in [0.15, 0.2) is 42.5 Å². The van der Waals surface area contributed by atoms with Gasteiger partial charge in [0.05, 0.1) is 0 Å². The molecular formula is C17H21N. The lowest BCUT2D eigenvalue weighted by Gasteiger charge is -2.12. The van der Waals surface area contributed by atoms with E-state index in [4.69, 9.17) is 0 Å². The summed E-state index contributed by atoms with van der Waals surface area (Å²) in [6.07, 6.45) is 1.09. The number of nitrogens with one attached hydrogen (secondary N) is 1. The molecule has 0 radical (unpaired) electrons. The summed E-state index contributed by atoms with van der Waals surface area (Å²) in [7, 11) is 0. The van der Waals surface area contributed by atoms with Gasteiger partial charge in [-0.05, 0) is 54.7 Å². The van der Waals surface area contributed by atoms with Crippen molar-refractivity contribution in [2.24, 2.45) is 0 Å². The molecule has 0 heterocycles. The Kier molecular flexibility index (Phi) is 4.03. The number of aryl methyl sites for hydroxylation is 3. The SMILES string of the molecule is CCc1ccc(NCc2c(C)cccc2C)cc1. The standard InChI is InChI=1S/C17H21N/c1-4-15-8-10-16(11-9-15)18-12-17-13(2)6-5-7-14(17)3/h5-11,18H,4,12H2,1-3H3. The van der Waals surface area contributed by atoms with Crippen molar-refractivity contribution in [3.8, 4) is 0 Å². The molecule has 2 aromatic carbocycles. The van der Waals surface area contributed by atoms with Crippen LogP contribution in [0.25, 0.3) is 0 Å². The van der Waals surface area contributed by atoms with Crippen LogP contribution in [0.4, 0.5) is 5.69 Å². The average Bonchev–Trinajstić information content (AvgIpc) is 2.39. The third-order valence-corrected chi connectivity index (χ3v) is 3.48. The first-order chi connectivity index (χ1) is 8.70. The van der Waals surface area contributed by atoms with E-state index in [-0.39, 0.29) is 0 Å². The van der Waals surface area contributed by atoms with Gasteiger partial charge in [-0.3, -0.25) is 0 Å². The summed E-state index contributed by atoms with van der Waals surface area (Å²) in [6, 6.07) is 15.2. The molecule has 0 fully saturated rings. The largest absolute Gasteiger partial charge is 0.381 e. The van der Waals surface area contributed by atoms with Gasteiger partial charge in [-0.25, -0.2) is 0 Å². The van der Waals surface area contributed by atoms with Gasteiger partial charge in [0, 0.05) is 12.2 Å². The van der Waals surface area contributed by atoms with Crippen molar-refractivity contribution in [2.75, 3.05) is 5.32 Å². The second kappa shape index (κ2) is 5.72. The highest BCUT2D eigenvalue weighted by Crippen LogP contribution is 2.16. The summed E-state index contributed by atoms with van der Waals surface area (Å²) in [5.41, 5.74) is 6.68. The molecule has 1 heteroatoms. The third-order valence-electron chi connectivity index (χ3n) is 3.48. The molecule has 0 saturated heterocycles. The van der Waals surface area contributed by atoms with E-state index in [1.807, 2.05) is 0 Å². The number of rotatable bonds is 4. The summed E-state index contributed by atoms with van der Waals surface area (Å²) in [5, 5.41) is 3.49. The van der Waals surface area contributed by atoms with Crippen molar-refractivity contribution in [3.63, 3.8) is 0 Å². The first-order valence-electron chi connectivity index (χ1n) is 6.58. The van der Waals surface area contributed by atoms with Crippen molar-refractivity contribution in [3.05, 3.63) is 64.7 Å². The zero-order valence-corrected chi connectivity index (χ0v) is 11.5. The van der Waals surface area contributed by atoms with Crippen LogP contribution < -0.4 is 5.32 Å². The predicted octanol–water partition coefficient (Wildman–Crippen LogP) is 4.48. The summed E-state index contributed by atoms with van der Waals surface area (Å²) in [4.78, 5) is 0. The lowest BCUT2D eigenvalue weighted by atomic mass is 10.0. The van der Waals surface area contributed by atoms with Crippen molar-refractivity contribution in [2.45, 2.75) is 33.7 Å². The highest BCUT2D eigenvalue weighted by Gasteiger charge is 2.01. The molecule has 2 rings (SSSR count). The summed E-state index contributed by atoms with van der Waals surface area (Å²) < 4.78 is 0. The molecule has 0 aliphatic heterocycles. The topological polar surface area (TPSA) is 12.0 Å². The van der Waals surface area contributed by atoms with Crippen LogP contribution >= 0.6 is 0 Å². The molecule has 94 valence electrons. The minimum absolute atomic E-state index is 0.893. The highest BCUT2D eigenvalue weighted by atomic mass is 14.9. The van der Waals surface area contributed by atoms with Crippen LogP contribution in [0.5, 0.6) is 0 Å². The first kappa shape index (κ1) is 12.7. The Morgan fingerprint density at radius 1 is 0.889 bits per heavy atom. The molecule has 0 unspecified atom stereocenters. The van der Waals surface area contributed by atoms with Gasteiger partial charge in [0.15, 0.2) is 0 Å². The van der Waals surface area contributed by atoms with Gasteiger partial charge in [0.2, 0.25) is 0 Å². The molecule has 0 bridgehead atoms. The molecule has 0 spiro atoms. The molecule has 0 aromatic heterocycles. The fourth-order valence-electron chi connectivity index (χ4n) is 2.18. The highest BCUT2D eigenvalue weighted by molar-refractivity contribution is 5.46. The van der Waals surface area contributed by atoms with Crippen LogP contribution in [0.2, 0.25) is 0 Å². The lowest BCUT2D eigenvalue weighted by Crippen LogP contribution is -2.03. The quantitative estimate of drug-likeness (QED) is 0.829. The summed E-state index contributed by atoms with van der Waals surface area (Å²) >= 11 is 0. The van der Waals surface area contributed by atoms with Gasteiger partial charge in [0.25, 0.3) is 0 Å². The molecule has 0 atom stereocenters. The number of anilines is 1. The van der Waals surface area contributed by atoms with Gasteiger partial charge in [-0.15, -0.1) is 0 Å². The minimum atomic E-state index is 0.893. The first-order valence-corrected chi connectivity index (χ1v) is 6.58. The predicted molar refractivity (Wildman–Crippen MR) is 79.1 cm³/mol. The van der Waals surface area contributed by atoms with E-state index < -0.39 is 0 Å². The van der Waals surface area contributed by atoms with Gasteiger partial charge in [-0.2, -0.15) is 0 Å². The average molecular weight is 239 g/mol. The zero-order valence-electron chi connectivity index (χ0n) is 11.5. The van der Waals surface area contributed by atoms with Gasteiger partial charge in [-0.1, -0.05) is 37.3 Å². The summed E-state index contributed by atoms with van der Waals surface area (Å²) in [6.45, 7) is 7.41. The maximum absolute atomic E-state index is 3.49. The molecular weight excluding hydrogens is 218 g/mol. The Balaban J connectivity index is 2.06. The Morgan fingerprint density at radius 3 is 2.06 bits per heavy atom. The minimum Gasteiger partial charge on any atom is -0.381 e. The van der Waals surface area contributed by atoms with Gasteiger partial charge in [0.1, 0.15) is 0 Å². The van der Waals surface area contributed by atoms with E-state index in [0.29, 0.717) is 0 Å². The Bertz CT molecular complexity index is 491. The maximum atomic E-state index is 3.49. The second-order valence-corrected chi connectivity index (χ2v) is 4.77. The lowest BCUT2D eigenvalue weighted by molar-refractivity contribution is 1.08. The molecule has 0 amide bonds. The van der Waals surface area contributed by atoms with Crippen molar-refractivity contribution in [1.29, 1.82) is 0 Å². The zero-order chi connectivity index (χ0) is 13.0. The smallest absolute Gasteiger partial charge is 0.0406 e. The monoisotopic (exact) mass is 239 g/mol. The van der Waals surface area contributed by atoms with E-state index in [1.165, 1.54) is 27.9 Å². The van der Waals surface area contributed by atoms with E-state index in [2.05, 4.69) is 68.6 Å². The van der Waals surface area contributed by atoms with Crippen LogP contribution in [0.1, 0.15) is 29.2 Å². The van der Waals surface area contributed by atoms with Gasteiger partial charge >= 0.3 is 0 Å². The van der Waals surface area contributed by atoms with Gasteiger partial charge < -0.3 is 5.32 Å². The second-order valence-electron chi connectivity index (χ2n) is 4.77. The third kappa shape index (κ3) is 2.92. The van der Waals surface area contributed by atoms with Crippen LogP contribution in [0, 0.1) is 13.8 Å². The van der Waals surface area contributed by atoms with E-state index in [1.54, 1.807) is 0 Å². The maximum Gasteiger partial charge on any atom is 0.0406 e. The van der Waals surface area contributed by atoms with E-state index >= 15 is 0 Å². The Hall–Kier alpha value is -1.76. The molecule has 0 saturated carbocycles. The van der Waals surface area contributed by atoms with E-state index in [0.717, 1.165) is 13.0 Å². The van der Waals surface area contributed by atoms with Crippen molar-refractivity contribution in [1.82, 2.24) is 0 Å². The molecule has 1 nitrogen and oxygen atoms in total. The van der Waals surface area contributed by atoms with Crippen LogP contribution in [-0.2, 0) is 13.0 Å². The number of benzene rings is 2. The van der Waals surface area contributed by atoms with Crippen molar-refractivity contribution < 1.29 is 0 Å². The van der Waals surface area contributed by atoms with Crippen molar-refractivity contribution >= 4 is 5.69 Å².